The fourth-order valence-electron chi connectivity index (χ4n) is 1.02. The van der Waals surface area contributed by atoms with Crippen LogP contribution in [0.3, 0.4) is 0 Å². The summed E-state index contributed by atoms with van der Waals surface area (Å²) in [5.41, 5.74) is -0.00324. The Bertz CT molecular complexity index is 335. The number of hydrogen-bond donors (Lipinski definition) is 2. The van der Waals surface area contributed by atoms with Gasteiger partial charge in [0.1, 0.15) is 0 Å². The molecular formula is C9H12O6. The van der Waals surface area contributed by atoms with Gasteiger partial charge in [0.25, 0.3) is 0 Å². The van der Waals surface area contributed by atoms with Crippen molar-refractivity contribution >= 4 is 5.97 Å². The van der Waals surface area contributed by atoms with Crippen LogP contribution in [0.15, 0.2) is 12.1 Å². The summed E-state index contributed by atoms with van der Waals surface area (Å²) in [6, 6.07) is 2.44. The van der Waals surface area contributed by atoms with Gasteiger partial charge in [-0.3, -0.25) is 0 Å². The van der Waals surface area contributed by atoms with Crippen molar-refractivity contribution in [1.29, 1.82) is 0 Å². The highest BCUT2D eigenvalue weighted by atomic mass is 16.5. The molecular weight excluding hydrogens is 204 g/mol. The molecule has 4 N–H and O–H groups in total. The van der Waals surface area contributed by atoms with Gasteiger partial charge in [-0.05, 0) is 12.1 Å². The molecule has 6 nitrogen and oxygen atoms in total. The number of hydrogen-bond acceptors (Lipinski definition) is 4. The number of methoxy groups -OCH3 is 2. The molecule has 0 unspecified atom stereocenters. The van der Waals surface area contributed by atoms with Gasteiger partial charge in [-0.25, -0.2) is 4.79 Å². The summed E-state index contributed by atoms with van der Waals surface area (Å²) >= 11 is 0. The fraction of sp³-hybridized carbons (Fsp3) is 0.222. The first kappa shape index (κ1) is 13.1. The van der Waals surface area contributed by atoms with E-state index in [1.165, 1.54) is 26.4 Å². The number of carboxylic acids is 1. The Morgan fingerprint density at radius 2 is 1.60 bits per heavy atom. The van der Waals surface area contributed by atoms with Gasteiger partial charge < -0.3 is 25.2 Å². The summed E-state index contributed by atoms with van der Waals surface area (Å²) in [5.74, 6) is -1.18. The Labute approximate surface area is 86.0 Å². The van der Waals surface area contributed by atoms with Crippen LogP contribution in [0.5, 0.6) is 17.2 Å². The number of rotatable bonds is 3. The van der Waals surface area contributed by atoms with Gasteiger partial charge >= 0.3 is 5.97 Å². The maximum absolute atomic E-state index is 10.7. The Hall–Kier alpha value is -1.95. The first-order chi connectivity index (χ1) is 6.60. The van der Waals surface area contributed by atoms with Gasteiger partial charge in [0.2, 0.25) is 5.75 Å². The maximum Gasteiger partial charge on any atom is 0.335 e. The molecule has 0 atom stereocenters. The molecule has 0 bridgehead atoms. The quantitative estimate of drug-likeness (QED) is 0.754. The van der Waals surface area contributed by atoms with Crippen LogP contribution in [-0.4, -0.2) is 35.9 Å². The summed E-state index contributed by atoms with van der Waals surface area (Å²) in [6.45, 7) is 0. The van der Waals surface area contributed by atoms with Gasteiger partial charge in [-0.1, -0.05) is 0 Å². The van der Waals surface area contributed by atoms with Crippen molar-refractivity contribution < 1.29 is 30.0 Å². The van der Waals surface area contributed by atoms with Gasteiger partial charge in [-0.2, -0.15) is 0 Å². The second kappa shape index (κ2) is 5.06. The van der Waals surface area contributed by atoms with E-state index in [9.17, 15) is 9.90 Å². The molecule has 0 aliphatic rings. The van der Waals surface area contributed by atoms with E-state index in [0.29, 0.717) is 0 Å². The predicted octanol–water partition coefficient (Wildman–Crippen LogP) is 0.283. The average molecular weight is 216 g/mol. The second-order valence-corrected chi connectivity index (χ2v) is 2.53. The topological polar surface area (TPSA) is 107 Å². The third kappa shape index (κ3) is 2.50. The molecule has 84 valence electrons. The number of carboxylic acid groups (broad SMARTS) is 1. The summed E-state index contributed by atoms with van der Waals surface area (Å²) < 4.78 is 9.57. The Kier molecular flexibility index (Phi) is 4.40. The molecule has 0 saturated heterocycles. The molecule has 1 rings (SSSR count). The minimum absolute atomic E-state index is 0. The van der Waals surface area contributed by atoms with Crippen LogP contribution in [0.2, 0.25) is 0 Å². The van der Waals surface area contributed by atoms with Crippen LogP contribution < -0.4 is 9.47 Å². The van der Waals surface area contributed by atoms with Crippen LogP contribution in [0.25, 0.3) is 0 Å². The molecule has 1 aromatic rings. The molecule has 0 aromatic heterocycles. The molecule has 0 fully saturated rings. The van der Waals surface area contributed by atoms with Crippen molar-refractivity contribution in [3.05, 3.63) is 17.7 Å². The first-order valence-electron chi connectivity index (χ1n) is 3.78. The van der Waals surface area contributed by atoms with Gasteiger partial charge in [-0.15, -0.1) is 0 Å². The Morgan fingerprint density at radius 3 is 1.87 bits per heavy atom. The van der Waals surface area contributed by atoms with Gasteiger partial charge in [0.05, 0.1) is 19.8 Å². The predicted molar refractivity (Wildman–Crippen MR) is 51.8 cm³/mol. The SMILES string of the molecule is COc1cc(C(=O)O)cc(OC)c1O.O. The van der Waals surface area contributed by atoms with Crippen molar-refractivity contribution in [3.8, 4) is 17.2 Å². The fourth-order valence-corrected chi connectivity index (χ4v) is 1.02. The minimum atomic E-state index is -1.11. The molecule has 6 heteroatoms. The van der Waals surface area contributed by atoms with E-state index in [4.69, 9.17) is 14.6 Å². The highest BCUT2D eigenvalue weighted by Crippen LogP contribution is 2.36. The van der Waals surface area contributed by atoms with Crippen molar-refractivity contribution in [1.82, 2.24) is 0 Å². The first-order valence-corrected chi connectivity index (χ1v) is 3.78. The number of benzene rings is 1. The lowest BCUT2D eigenvalue weighted by Crippen LogP contribution is -1.98. The van der Waals surface area contributed by atoms with Gasteiger partial charge in [0, 0.05) is 0 Å². The molecule has 0 radical (unpaired) electrons. The standard InChI is InChI=1S/C9H10O5.H2O/c1-13-6-3-5(9(11)12)4-7(14-2)8(6)10;/h3-4,10H,1-2H3,(H,11,12);1H2. The van der Waals surface area contributed by atoms with Gasteiger partial charge in [0.15, 0.2) is 11.5 Å². The van der Waals surface area contributed by atoms with Crippen molar-refractivity contribution in [3.63, 3.8) is 0 Å². The summed E-state index contributed by atoms with van der Waals surface area (Å²) in [7, 11) is 2.67. The number of ether oxygens (including phenoxy) is 2. The van der Waals surface area contributed by atoms with E-state index in [1.807, 2.05) is 0 Å². The van der Waals surface area contributed by atoms with Crippen LogP contribution in [0.4, 0.5) is 0 Å². The van der Waals surface area contributed by atoms with Crippen molar-refractivity contribution in [2.75, 3.05) is 14.2 Å². The van der Waals surface area contributed by atoms with Crippen LogP contribution in [0.1, 0.15) is 10.4 Å². The normalized spacial score (nSPS) is 8.93. The number of carbonyl (C=O) groups is 1. The Balaban J connectivity index is 0.00000196. The summed E-state index contributed by atoms with van der Waals surface area (Å²) in [5, 5.41) is 18.2. The van der Waals surface area contributed by atoms with E-state index >= 15 is 0 Å². The van der Waals surface area contributed by atoms with E-state index in [2.05, 4.69) is 0 Å². The zero-order chi connectivity index (χ0) is 10.7. The Morgan fingerprint density at radius 1 is 1.20 bits per heavy atom. The van der Waals surface area contributed by atoms with E-state index in [0.717, 1.165) is 0 Å². The van der Waals surface area contributed by atoms with Crippen LogP contribution in [0, 0.1) is 0 Å². The molecule has 0 heterocycles. The third-order valence-corrected chi connectivity index (χ3v) is 1.73. The molecule has 0 amide bonds. The summed E-state index contributed by atoms with van der Waals surface area (Å²) in [4.78, 5) is 10.7. The molecule has 15 heavy (non-hydrogen) atoms. The molecule has 0 saturated carbocycles. The lowest BCUT2D eigenvalue weighted by Gasteiger charge is -2.08. The van der Waals surface area contributed by atoms with Crippen molar-refractivity contribution in [2.45, 2.75) is 0 Å². The molecule has 0 aliphatic heterocycles. The number of aromatic carboxylic acids is 1. The van der Waals surface area contributed by atoms with E-state index in [-0.39, 0.29) is 28.3 Å². The van der Waals surface area contributed by atoms with Crippen molar-refractivity contribution in [2.24, 2.45) is 0 Å². The molecule has 1 aromatic carbocycles. The van der Waals surface area contributed by atoms with Crippen LogP contribution >= 0.6 is 0 Å². The lowest BCUT2D eigenvalue weighted by atomic mass is 10.2. The zero-order valence-electron chi connectivity index (χ0n) is 8.27. The lowest BCUT2D eigenvalue weighted by molar-refractivity contribution is 0.0696. The van der Waals surface area contributed by atoms with E-state index < -0.39 is 5.97 Å². The number of phenolic OH excluding ortho intramolecular Hbond substituents is 1. The van der Waals surface area contributed by atoms with E-state index in [1.54, 1.807) is 0 Å². The average Bonchev–Trinajstić information content (AvgIpc) is 2.17. The minimum Gasteiger partial charge on any atom is -0.502 e. The highest BCUT2D eigenvalue weighted by Gasteiger charge is 2.14. The molecule has 0 spiro atoms. The summed E-state index contributed by atoms with van der Waals surface area (Å²) in [6.07, 6.45) is 0. The van der Waals surface area contributed by atoms with Crippen LogP contribution in [-0.2, 0) is 0 Å². The monoisotopic (exact) mass is 216 g/mol. The third-order valence-electron chi connectivity index (χ3n) is 1.73. The largest absolute Gasteiger partial charge is 0.502 e. The smallest absolute Gasteiger partial charge is 0.335 e. The second-order valence-electron chi connectivity index (χ2n) is 2.53. The zero-order valence-corrected chi connectivity index (χ0v) is 8.27. The number of aromatic hydroxyl groups is 1. The highest BCUT2D eigenvalue weighted by molar-refractivity contribution is 5.89. The molecule has 0 aliphatic carbocycles. The number of phenols is 1. The maximum atomic E-state index is 10.7.